The minimum Gasteiger partial charge on any atom is -0.456 e. The molecule has 6 rings (SSSR count). The molecular formula is C31H41NO2. The van der Waals surface area contributed by atoms with E-state index in [1.165, 1.54) is 60.8 Å². The maximum atomic E-state index is 12.9. The number of hydrogen-bond acceptors (Lipinski definition) is 3. The van der Waals surface area contributed by atoms with Gasteiger partial charge in [0, 0.05) is 12.2 Å². The van der Waals surface area contributed by atoms with Gasteiger partial charge in [0.1, 0.15) is 5.60 Å². The van der Waals surface area contributed by atoms with Crippen molar-refractivity contribution in [1.29, 1.82) is 0 Å². The third kappa shape index (κ3) is 4.90. The SMILES string of the molecule is Cc1cccc(C)c1CNc1cc(C(=O)OC(C)(C)C)ccc1CC12CC3CC(CC(C3)C1)C2. The molecule has 4 aliphatic carbocycles. The van der Waals surface area contributed by atoms with Gasteiger partial charge < -0.3 is 10.1 Å². The van der Waals surface area contributed by atoms with Crippen LogP contribution >= 0.6 is 0 Å². The van der Waals surface area contributed by atoms with Crippen LogP contribution in [0.5, 0.6) is 0 Å². The van der Waals surface area contributed by atoms with Crippen LogP contribution in [0.3, 0.4) is 0 Å². The molecule has 4 bridgehead atoms. The van der Waals surface area contributed by atoms with Crippen molar-refractivity contribution in [3.8, 4) is 0 Å². The van der Waals surface area contributed by atoms with Crippen molar-refractivity contribution in [2.45, 2.75) is 91.7 Å². The van der Waals surface area contributed by atoms with E-state index in [0.717, 1.165) is 36.4 Å². The number of carbonyl (C=O) groups is 1. The van der Waals surface area contributed by atoms with Gasteiger partial charge in [0.25, 0.3) is 0 Å². The molecule has 0 saturated heterocycles. The number of rotatable bonds is 6. The first-order valence-electron chi connectivity index (χ1n) is 13.2. The van der Waals surface area contributed by atoms with Crippen LogP contribution in [0.15, 0.2) is 36.4 Å². The van der Waals surface area contributed by atoms with Crippen molar-refractivity contribution >= 4 is 11.7 Å². The van der Waals surface area contributed by atoms with E-state index in [1.807, 2.05) is 32.9 Å². The molecule has 0 amide bonds. The Kier molecular flexibility index (Phi) is 6.02. The van der Waals surface area contributed by atoms with E-state index in [-0.39, 0.29) is 5.97 Å². The number of benzene rings is 2. The second-order valence-corrected chi connectivity index (χ2v) is 12.7. The molecule has 4 aliphatic rings. The average molecular weight is 460 g/mol. The minimum absolute atomic E-state index is 0.246. The lowest BCUT2D eigenvalue weighted by Crippen LogP contribution is -2.47. The monoisotopic (exact) mass is 459 g/mol. The quantitative estimate of drug-likeness (QED) is 0.451. The summed E-state index contributed by atoms with van der Waals surface area (Å²) in [6.45, 7) is 10.9. The topological polar surface area (TPSA) is 38.3 Å². The van der Waals surface area contributed by atoms with Gasteiger partial charge in [-0.1, -0.05) is 24.3 Å². The van der Waals surface area contributed by atoms with Gasteiger partial charge in [-0.05, 0) is 137 Å². The lowest BCUT2D eigenvalue weighted by atomic mass is 9.48. The Balaban J connectivity index is 1.43. The number of anilines is 1. The highest BCUT2D eigenvalue weighted by Crippen LogP contribution is 2.61. The van der Waals surface area contributed by atoms with Gasteiger partial charge in [0.15, 0.2) is 0 Å². The molecule has 4 saturated carbocycles. The van der Waals surface area contributed by atoms with Gasteiger partial charge in [-0.25, -0.2) is 4.79 Å². The van der Waals surface area contributed by atoms with Gasteiger partial charge in [0.05, 0.1) is 5.56 Å². The number of nitrogens with one attached hydrogen (secondary N) is 1. The molecule has 3 heteroatoms. The molecular weight excluding hydrogens is 418 g/mol. The summed E-state index contributed by atoms with van der Waals surface area (Å²) >= 11 is 0. The first-order chi connectivity index (χ1) is 16.1. The van der Waals surface area contributed by atoms with Crippen LogP contribution < -0.4 is 5.32 Å². The smallest absolute Gasteiger partial charge is 0.338 e. The summed E-state index contributed by atoms with van der Waals surface area (Å²) in [7, 11) is 0. The van der Waals surface area contributed by atoms with E-state index in [9.17, 15) is 4.79 Å². The van der Waals surface area contributed by atoms with Crippen LogP contribution in [-0.4, -0.2) is 11.6 Å². The van der Waals surface area contributed by atoms with Crippen LogP contribution in [-0.2, 0) is 17.7 Å². The summed E-state index contributed by atoms with van der Waals surface area (Å²) in [5.41, 5.74) is 7.00. The van der Waals surface area contributed by atoms with Gasteiger partial charge in [-0.3, -0.25) is 0 Å². The molecule has 0 heterocycles. The number of esters is 1. The summed E-state index contributed by atoms with van der Waals surface area (Å²) in [5.74, 6) is 2.58. The Morgan fingerprint density at radius 2 is 1.56 bits per heavy atom. The lowest BCUT2D eigenvalue weighted by molar-refractivity contribution is -0.0521. The summed E-state index contributed by atoms with van der Waals surface area (Å²) in [6, 6.07) is 12.7. The summed E-state index contributed by atoms with van der Waals surface area (Å²) in [4.78, 5) is 12.9. The molecule has 0 radical (unpaired) electrons. The Bertz CT molecular complexity index is 1020. The molecule has 2 aromatic rings. The molecule has 34 heavy (non-hydrogen) atoms. The lowest BCUT2D eigenvalue weighted by Gasteiger charge is -2.57. The summed E-state index contributed by atoms with van der Waals surface area (Å²) in [5, 5.41) is 3.74. The average Bonchev–Trinajstić information content (AvgIpc) is 2.72. The molecule has 0 aliphatic heterocycles. The van der Waals surface area contributed by atoms with Gasteiger partial charge in [-0.15, -0.1) is 0 Å². The van der Waals surface area contributed by atoms with Crippen LogP contribution in [0, 0.1) is 37.0 Å². The Labute approximate surface area is 205 Å². The predicted molar refractivity (Wildman–Crippen MR) is 139 cm³/mol. The number of hydrogen-bond donors (Lipinski definition) is 1. The molecule has 1 N–H and O–H groups in total. The van der Waals surface area contributed by atoms with E-state index >= 15 is 0 Å². The van der Waals surface area contributed by atoms with E-state index in [4.69, 9.17) is 4.74 Å². The molecule has 0 aromatic heterocycles. The maximum absolute atomic E-state index is 12.9. The highest BCUT2D eigenvalue weighted by Gasteiger charge is 2.50. The predicted octanol–water partition coefficient (Wildman–Crippen LogP) is 7.63. The van der Waals surface area contributed by atoms with Crippen molar-refractivity contribution in [3.63, 3.8) is 0 Å². The first kappa shape index (κ1) is 23.5. The van der Waals surface area contributed by atoms with E-state index in [2.05, 4.69) is 43.4 Å². The van der Waals surface area contributed by atoms with Gasteiger partial charge in [-0.2, -0.15) is 0 Å². The second-order valence-electron chi connectivity index (χ2n) is 12.7. The van der Waals surface area contributed by atoms with Crippen molar-refractivity contribution in [1.82, 2.24) is 0 Å². The van der Waals surface area contributed by atoms with Gasteiger partial charge in [0.2, 0.25) is 0 Å². The third-order valence-corrected chi connectivity index (χ3v) is 8.58. The van der Waals surface area contributed by atoms with E-state index < -0.39 is 5.60 Å². The van der Waals surface area contributed by atoms with Crippen molar-refractivity contribution < 1.29 is 9.53 Å². The molecule has 3 nitrogen and oxygen atoms in total. The minimum atomic E-state index is -0.499. The summed E-state index contributed by atoms with van der Waals surface area (Å²) in [6.07, 6.45) is 9.70. The molecule has 2 aromatic carbocycles. The van der Waals surface area contributed by atoms with Crippen LogP contribution in [0.1, 0.15) is 91.9 Å². The largest absolute Gasteiger partial charge is 0.456 e. The highest BCUT2D eigenvalue weighted by atomic mass is 16.6. The molecule has 182 valence electrons. The van der Waals surface area contributed by atoms with Crippen molar-refractivity contribution in [3.05, 3.63) is 64.2 Å². The molecule has 4 fully saturated rings. The Morgan fingerprint density at radius 1 is 0.971 bits per heavy atom. The van der Waals surface area contributed by atoms with Gasteiger partial charge >= 0.3 is 5.97 Å². The fourth-order valence-corrected chi connectivity index (χ4v) is 7.58. The van der Waals surface area contributed by atoms with E-state index in [1.54, 1.807) is 0 Å². The molecule has 0 spiro atoms. The molecule has 0 unspecified atom stereocenters. The van der Waals surface area contributed by atoms with Crippen LogP contribution in [0.2, 0.25) is 0 Å². The maximum Gasteiger partial charge on any atom is 0.338 e. The Hall–Kier alpha value is -2.29. The number of aryl methyl sites for hydroxylation is 2. The standard InChI is InChI=1S/C31H41NO2/c1-20-7-6-8-21(2)27(20)19-32-28-14-25(29(33)34-30(3,4)5)9-10-26(28)18-31-15-22-11-23(16-31)13-24(12-22)17-31/h6-10,14,22-24,32H,11-13,15-19H2,1-5H3. The zero-order valence-corrected chi connectivity index (χ0v) is 21.7. The zero-order valence-electron chi connectivity index (χ0n) is 21.7. The van der Waals surface area contributed by atoms with E-state index in [0.29, 0.717) is 11.0 Å². The zero-order chi connectivity index (χ0) is 24.1. The van der Waals surface area contributed by atoms with Crippen molar-refractivity contribution in [2.75, 3.05) is 5.32 Å². The van der Waals surface area contributed by atoms with Crippen LogP contribution in [0.25, 0.3) is 0 Å². The normalized spacial score (nSPS) is 27.6. The van der Waals surface area contributed by atoms with Crippen LogP contribution in [0.4, 0.5) is 5.69 Å². The third-order valence-electron chi connectivity index (χ3n) is 8.58. The molecule has 0 atom stereocenters. The number of carbonyl (C=O) groups excluding carboxylic acids is 1. The number of ether oxygens (including phenoxy) is 1. The first-order valence-corrected chi connectivity index (χ1v) is 13.2. The Morgan fingerprint density at radius 3 is 2.12 bits per heavy atom. The second kappa shape index (κ2) is 8.73. The fraction of sp³-hybridized carbons (Fsp3) is 0.581. The highest BCUT2D eigenvalue weighted by molar-refractivity contribution is 5.91. The van der Waals surface area contributed by atoms with Crippen molar-refractivity contribution in [2.24, 2.45) is 23.2 Å². The fourth-order valence-electron chi connectivity index (χ4n) is 7.58. The summed E-state index contributed by atoms with van der Waals surface area (Å²) < 4.78 is 5.69.